The Morgan fingerprint density at radius 2 is 1.68 bits per heavy atom. The van der Waals surface area contributed by atoms with Crippen LogP contribution in [0.25, 0.3) is 5.70 Å². The Bertz CT molecular complexity index is 1500. The first kappa shape index (κ1) is 24.7. The Morgan fingerprint density at radius 3 is 2.37 bits per heavy atom. The number of carbonyl (C=O) groups is 2. The van der Waals surface area contributed by atoms with Crippen LogP contribution in [0, 0.1) is 0 Å². The molecule has 190 valence electrons. The number of ether oxygens (including phenoxy) is 2. The fourth-order valence-corrected chi connectivity index (χ4v) is 4.39. The van der Waals surface area contributed by atoms with Crippen LogP contribution in [0.3, 0.4) is 0 Å². The van der Waals surface area contributed by atoms with Crippen molar-refractivity contribution in [1.82, 2.24) is 4.90 Å². The maximum atomic E-state index is 13.5. The molecule has 1 unspecified atom stereocenters. The minimum absolute atomic E-state index is 0.132. The van der Waals surface area contributed by atoms with Crippen molar-refractivity contribution in [3.63, 3.8) is 0 Å². The summed E-state index contributed by atoms with van der Waals surface area (Å²) >= 11 is 0. The van der Waals surface area contributed by atoms with Crippen molar-refractivity contribution in [2.75, 3.05) is 13.7 Å². The lowest BCUT2D eigenvalue weighted by atomic mass is 9.92. The number of hydrogen-bond acceptors (Lipinski definition) is 8. The van der Waals surface area contributed by atoms with Crippen LogP contribution in [0.5, 0.6) is 11.5 Å². The van der Waals surface area contributed by atoms with Gasteiger partial charge in [0, 0.05) is 12.4 Å². The van der Waals surface area contributed by atoms with E-state index in [1.807, 2.05) is 42.5 Å². The molecule has 5 rings (SSSR count). The second-order valence-corrected chi connectivity index (χ2v) is 8.51. The van der Waals surface area contributed by atoms with Gasteiger partial charge in [0.2, 0.25) is 5.96 Å². The van der Waals surface area contributed by atoms with Crippen molar-refractivity contribution in [3.8, 4) is 11.5 Å². The van der Waals surface area contributed by atoms with Crippen molar-refractivity contribution < 1.29 is 24.2 Å². The first-order valence-corrected chi connectivity index (χ1v) is 12.1. The zero-order valence-electron chi connectivity index (χ0n) is 20.9. The maximum Gasteiger partial charge on any atom is 0.338 e. The summed E-state index contributed by atoms with van der Waals surface area (Å²) in [4.78, 5) is 37.7. The highest BCUT2D eigenvalue weighted by Gasteiger charge is 2.37. The number of phenols is 1. The number of aromatic hydroxyl groups is 1. The number of fused-ring (bicyclic) bond motifs is 1. The quantitative estimate of drug-likeness (QED) is 0.359. The Labute approximate surface area is 219 Å². The monoisotopic (exact) mass is 507 g/mol. The molecule has 2 aliphatic rings. The summed E-state index contributed by atoms with van der Waals surface area (Å²) in [5.41, 5.74) is 2.65. The fraction of sp³-hybridized carbons (Fsp3) is 0.133. The maximum absolute atomic E-state index is 13.5. The first-order valence-electron chi connectivity index (χ1n) is 12.1. The normalized spacial score (nSPS) is 16.4. The van der Waals surface area contributed by atoms with Crippen LogP contribution >= 0.6 is 0 Å². The Morgan fingerprint density at radius 1 is 0.974 bits per heavy atom. The molecule has 0 saturated carbocycles. The van der Waals surface area contributed by atoms with Crippen LogP contribution in [-0.4, -0.2) is 47.6 Å². The van der Waals surface area contributed by atoms with E-state index in [0.717, 1.165) is 5.56 Å². The standard InChI is InChI=1S/C30H25N3O5/c1-3-38-29(36)25-26(19-9-5-4-6-10-19)32-30-31-17-21(28(35)23-11-7-8-12-24(23)34)18-33(30)27(25)20-13-15-22(37-2)16-14-20/h4-18,26,34H,3H2,1-2H3. The zero-order valence-corrected chi connectivity index (χ0v) is 20.9. The SMILES string of the molecule is CCOC(=O)C1=C(c2ccc(OC)cc2)N2C=C(C(=O)c3ccccc3O)C=NC2=NC1c1ccccc1. The van der Waals surface area contributed by atoms with E-state index in [1.165, 1.54) is 12.3 Å². The highest BCUT2D eigenvalue weighted by molar-refractivity contribution is 6.25. The second kappa shape index (κ2) is 10.6. The Balaban J connectivity index is 1.71. The van der Waals surface area contributed by atoms with Gasteiger partial charge in [0.15, 0.2) is 5.78 Å². The van der Waals surface area contributed by atoms with Gasteiger partial charge in [-0.2, -0.15) is 0 Å². The third-order valence-electron chi connectivity index (χ3n) is 6.20. The molecule has 0 aromatic heterocycles. The van der Waals surface area contributed by atoms with Gasteiger partial charge < -0.3 is 14.6 Å². The summed E-state index contributed by atoms with van der Waals surface area (Å²) in [5, 5.41) is 10.2. The minimum atomic E-state index is -0.681. The number of nitrogens with zero attached hydrogens (tertiary/aromatic N) is 3. The molecule has 0 aliphatic carbocycles. The summed E-state index contributed by atoms with van der Waals surface area (Å²) < 4.78 is 10.8. The molecule has 38 heavy (non-hydrogen) atoms. The molecule has 0 amide bonds. The number of methoxy groups -OCH3 is 1. The largest absolute Gasteiger partial charge is 0.507 e. The van der Waals surface area contributed by atoms with Gasteiger partial charge in [-0.1, -0.05) is 42.5 Å². The van der Waals surface area contributed by atoms with Gasteiger partial charge in [-0.3, -0.25) is 9.69 Å². The zero-order chi connectivity index (χ0) is 26.6. The molecule has 3 aromatic rings. The van der Waals surface area contributed by atoms with Crippen molar-refractivity contribution >= 4 is 29.6 Å². The van der Waals surface area contributed by atoms with Gasteiger partial charge in [-0.05, 0) is 54.4 Å². The van der Waals surface area contributed by atoms with Gasteiger partial charge in [0.05, 0.1) is 36.1 Å². The number of esters is 1. The third kappa shape index (κ3) is 4.59. The predicted octanol–water partition coefficient (Wildman–Crippen LogP) is 4.94. The number of allylic oxidation sites excluding steroid dienone is 1. The highest BCUT2D eigenvalue weighted by atomic mass is 16.5. The number of guanidine groups is 1. The van der Waals surface area contributed by atoms with Crippen molar-refractivity contribution in [2.45, 2.75) is 13.0 Å². The first-order chi connectivity index (χ1) is 18.5. The molecule has 0 spiro atoms. The van der Waals surface area contributed by atoms with Gasteiger partial charge in [0.1, 0.15) is 17.5 Å². The molecule has 1 atom stereocenters. The molecule has 2 aliphatic heterocycles. The summed E-state index contributed by atoms with van der Waals surface area (Å²) in [6, 6.07) is 22.3. The number of para-hydroxylation sites is 1. The van der Waals surface area contributed by atoms with E-state index in [9.17, 15) is 14.7 Å². The van der Waals surface area contributed by atoms with E-state index < -0.39 is 17.8 Å². The van der Waals surface area contributed by atoms with Crippen LogP contribution in [-0.2, 0) is 9.53 Å². The molecule has 1 N–H and O–H groups in total. The van der Waals surface area contributed by atoms with E-state index in [0.29, 0.717) is 28.5 Å². The smallest absolute Gasteiger partial charge is 0.338 e. The lowest BCUT2D eigenvalue weighted by Crippen LogP contribution is -2.35. The number of phenolic OH excluding ortho intramolecular Hbond substituents is 1. The van der Waals surface area contributed by atoms with Crippen molar-refractivity contribution in [3.05, 3.63) is 113 Å². The van der Waals surface area contributed by atoms with Crippen LogP contribution in [0.1, 0.15) is 34.5 Å². The molecule has 0 radical (unpaired) electrons. The molecular formula is C30H25N3O5. The van der Waals surface area contributed by atoms with Crippen LogP contribution in [0.2, 0.25) is 0 Å². The number of aliphatic imine (C=N–C) groups is 2. The second-order valence-electron chi connectivity index (χ2n) is 8.51. The minimum Gasteiger partial charge on any atom is -0.507 e. The lowest BCUT2D eigenvalue weighted by molar-refractivity contribution is -0.138. The van der Waals surface area contributed by atoms with E-state index in [1.54, 1.807) is 55.5 Å². The van der Waals surface area contributed by atoms with E-state index in [4.69, 9.17) is 14.5 Å². The molecule has 8 heteroatoms. The van der Waals surface area contributed by atoms with Crippen molar-refractivity contribution in [1.29, 1.82) is 0 Å². The topological polar surface area (TPSA) is 101 Å². The molecule has 3 aromatic carbocycles. The summed E-state index contributed by atoms with van der Waals surface area (Å²) in [5.74, 6) is -0.105. The van der Waals surface area contributed by atoms with Crippen molar-refractivity contribution in [2.24, 2.45) is 9.98 Å². The average molecular weight is 508 g/mol. The number of carbonyl (C=O) groups excluding carboxylic acids is 2. The highest BCUT2D eigenvalue weighted by Crippen LogP contribution is 2.41. The molecule has 0 fully saturated rings. The molecule has 0 bridgehead atoms. The summed E-state index contributed by atoms with van der Waals surface area (Å²) in [6.07, 6.45) is 3.01. The number of Topliss-reactive ketones (excluding diaryl/α,β-unsaturated/α-hetero) is 1. The van der Waals surface area contributed by atoms with E-state index in [-0.39, 0.29) is 23.5 Å². The van der Waals surface area contributed by atoms with E-state index >= 15 is 0 Å². The Hall–Kier alpha value is -4.98. The summed E-state index contributed by atoms with van der Waals surface area (Å²) in [6.45, 7) is 1.93. The fourth-order valence-electron chi connectivity index (χ4n) is 4.39. The molecular weight excluding hydrogens is 482 g/mol. The van der Waals surface area contributed by atoms with E-state index in [2.05, 4.69) is 4.99 Å². The lowest BCUT2D eigenvalue weighted by Gasteiger charge is -2.34. The van der Waals surface area contributed by atoms with Crippen LogP contribution < -0.4 is 4.74 Å². The molecule has 8 nitrogen and oxygen atoms in total. The average Bonchev–Trinajstić information content (AvgIpc) is 2.96. The van der Waals surface area contributed by atoms with Gasteiger partial charge in [-0.25, -0.2) is 14.8 Å². The van der Waals surface area contributed by atoms with Gasteiger partial charge >= 0.3 is 5.97 Å². The Kier molecular flexibility index (Phi) is 6.86. The number of rotatable bonds is 7. The number of benzene rings is 3. The number of ketones is 1. The molecule has 2 heterocycles. The van der Waals surface area contributed by atoms with Gasteiger partial charge in [-0.15, -0.1) is 0 Å². The third-order valence-corrected chi connectivity index (χ3v) is 6.20. The van der Waals surface area contributed by atoms with Crippen LogP contribution in [0.15, 0.2) is 106 Å². The van der Waals surface area contributed by atoms with Gasteiger partial charge in [0.25, 0.3) is 0 Å². The van der Waals surface area contributed by atoms with Crippen LogP contribution in [0.4, 0.5) is 0 Å². The summed E-state index contributed by atoms with van der Waals surface area (Å²) in [7, 11) is 1.58. The number of hydrogen-bond donors (Lipinski definition) is 1. The predicted molar refractivity (Wildman–Crippen MR) is 144 cm³/mol. The molecule has 0 saturated heterocycles.